The summed E-state index contributed by atoms with van der Waals surface area (Å²) in [6.45, 7) is 10.4. The van der Waals surface area contributed by atoms with Crippen LogP contribution in [0.1, 0.15) is 56.3 Å². The maximum absolute atomic E-state index is 13.3. The number of Topliss-reactive ketones (excluding diaryl/α,β-unsaturated/α-hetero) is 1. The summed E-state index contributed by atoms with van der Waals surface area (Å²) >= 11 is 0. The molecule has 0 saturated carbocycles. The number of benzene rings is 2. The van der Waals surface area contributed by atoms with Crippen molar-refractivity contribution in [3.8, 4) is 0 Å². The molecule has 7 heteroatoms. The number of hydrogen-bond acceptors (Lipinski definition) is 5. The molecule has 1 amide bonds. The van der Waals surface area contributed by atoms with E-state index in [-0.39, 0.29) is 21.8 Å². The third-order valence-electron chi connectivity index (χ3n) is 4.98. The van der Waals surface area contributed by atoms with Gasteiger partial charge in [0.25, 0.3) is 10.0 Å². The predicted octanol–water partition coefficient (Wildman–Crippen LogP) is 4.98. The third kappa shape index (κ3) is 3.77. The van der Waals surface area contributed by atoms with Crippen molar-refractivity contribution in [2.24, 2.45) is 0 Å². The van der Waals surface area contributed by atoms with Gasteiger partial charge in [-0.15, -0.1) is 0 Å². The quantitative estimate of drug-likeness (QED) is 0.548. The van der Waals surface area contributed by atoms with Gasteiger partial charge < -0.3 is 4.42 Å². The number of sulfonamides is 1. The molecule has 1 aromatic heterocycles. The van der Waals surface area contributed by atoms with Crippen LogP contribution in [-0.2, 0) is 20.2 Å². The van der Waals surface area contributed by atoms with Crippen molar-refractivity contribution in [1.82, 2.24) is 0 Å². The fourth-order valence-corrected chi connectivity index (χ4v) is 4.91. The van der Waals surface area contributed by atoms with E-state index in [0.29, 0.717) is 22.3 Å². The summed E-state index contributed by atoms with van der Waals surface area (Å²) in [4.78, 5) is 24.5. The van der Waals surface area contributed by atoms with Crippen molar-refractivity contribution in [3.63, 3.8) is 0 Å². The first kappa shape index (κ1) is 21.8. The van der Waals surface area contributed by atoms with E-state index in [9.17, 15) is 18.0 Å². The van der Waals surface area contributed by atoms with E-state index in [2.05, 4.69) is 0 Å². The second kappa shape index (κ2) is 7.40. The van der Waals surface area contributed by atoms with E-state index >= 15 is 0 Å². The van der Waals surface area contributed by atoms with Gasteiger partial charge in [-0.3, -0.25) is 9.59 Å². The molecular formula is C23H25NO5S. The first-order chi connectivity index (χ1) is 13.8. The average Bonchev–Trinajstić information content (AvgIpc) is 2.96. The number of hydrogen-bond donors (Lipinski definition) is 0. The van der Waals surface area contributed by atoms with E-state index in [1.807, 2.05) is 20.8 Å². The van der Waals surface area contributed by atoms with Crippen LogP contribution >= 0.6 is 0 Å². The van der Waals surface area contributed by atoms with Crippen LogP contribution in [0.4, 0.5) is 5.69 Å². The maximum atomic E-state index is 13.3. The van der Waals surface area contributed by atoms with Crippen LogP contribution in [0.2, 0.25) is 0 Å². The minimum Gasteiger partial charge on any atom is -0.461 e. The number of anilines is 1. The van der Waals surface area contributed by atoms with Crippen LogP contribution in [0.15, 0.2) is 51.8 Å². The highest BCUT2D eigenvalue weighted by atomic mass is 32.2. The van der Waals surface area contributed by atoms with E-state index < -0.39 is 15.9 Å². The molecule has 158 valence electrons. The number of ketones is 1. The fourth-order valence-electron chi connectivity index (χ4n) is 3.49. The largest absolute Gasteiger partial charge is 0.461 e. The lowest BCUT2D eigenvalue weighted by atomic mass is 9.87. The Balaban J connectivity index is 2.15. The Hall–Kier alpha value is -2.93. The zero-order chi connectivity index (χ0) is 22.4. The number of carbonyl (C=O) groups is 2. The molecule has 0 saturated heterocycles. The minimum atomic E-state index is -4.14. The molecule has 0 radical (unpaired) electrons. The summed E-state index contributed by atoms with van der Waals surface area (Å²) in [6.07, 6.45) is 0. The molecule has 0 spiro atoms. The number of furan rings is 1. The van der Waals surface area contributed by atoms with E-state index in [1.165, 1.54) is 38.1 Å². The fraction of sp³-hybridized carbons (Fsp3) is 0.304. The smallest absolute Gasteiger partial charge is 0.270 e. The van der Waals surface area contributed by atoms with Crippen LogP contribution in [0, 0.1) is 6.92 Å². The SMILES string of the molecule is CC(=O)c1c(C)oc2ccc(N(C(C)=O)S(=O)(=O)c3ccc(C(C)(C)C)cc3)cc12. The highest BCUT2D eigenvalue weighted by molar-refractivity contribution is 7.93. The molecule has 0 fully saturated rings. The first-order valence-corrected chi connectivity index (χ1v) is 11.0. The number of amides is 1. The minimum absolute atomic E-state index is 0.0148. The lowest BCUT2D eigenvalue weighted by Crippen LogP contribution is -2.35. The number of rotatable bonds is 4. The second-order valence-electron chi connectivity index (χ2n) is 8.33. The molecule has 1 heterocycles. The van der Waals surface area contributed by atoms with Crippen molar-refractivity contribution < 1.29 is 22.4 Å². The first-order valence-electron chi connectivity index (χ1n) is 9.54. The summed E-state index contributed by atoms with van der Waals surface area (Å²) in [5.74, 6) is -0.401. The molecule has 0 bridgehead atoms. The molecule has 30 heavy (non-hydrogen) atoms. The van der Waals surface area contributed by atoms with E-state index in [4.69, 9.17) is 4.42 Å². The Morgan fingerprint density at radius 1 is 0.967 bits per heavy atom. The number of fused-ring (bicyclic) bond motifs is 1. The van der Waals surface area contributed by atoms with Gasteiger partial charge in [0.15, 0.2) is 5.78 Å². The van der Waals surface area contributed by atoms with Gasteiger partial charge >= 0.3 is 0 Å². The molecule has 0 aliphatic heterocycles. The second-order valence-corrected chi connectivity index (χ2v) is 10.1. The normalized spacial score (nSPS) is 12.2. The van der Waals surface area contributed by atoms with Gasteiger partial charge in [0, 0.05) is 12.3 Å². The number of aryl methyl sites for hydroxylation is 1. The Kier molecular flexibility index (Phi) is 5.37. The monoisotopic (exact) mass is 427 g/mol. The lowest BCUT2D eigenvalue weighted by Gasteiger charge is -2.23. The highest BCUT2D eigenvalue weighted by Gasteiger charge is 2.30. The molecule has 3 rings (SSSR count). The zero-order valence-electron chi connectivity index (χ0n) is 17.9. The van der Waals surface area contributed by atoms with Gasteiger partial charge in [0.2, 0.25) is 5.91 Å². The molecule has 0 aliphatic carbocycles. The maximum Gasteiger partial charge on any atom is 0.270 e. The summed E-state index contributed by atoms with van der Waals surface area (Å²) in [7, 11) is -4.14. The Labute approximate surface area is 176 Å². The molecule has 3 aromatic rings. The summed E-state index contributed by atoms with van der Waals surface area (Å²) in [5.41, 5.74) is 1.84. The molecule has 6 nitrogen and oxygen atoms in total. The average molecular weight is 428 g/mol. The number of nitrogens with zero attached hydrogens (tertiary/aromatic N) is 1. The summed E-state index contributed by atoms with van der Waals surface area (Å²) in [6, 6.07) is 11.1. The molecule has 0 unspecified atom stereocenters. The topological polar surface area (TPSA) is 84.7 Å². The lowest BCUT2D eigenvalue weighted by molar-refractivity contribution is -0.115. The van der Waals surface area contributed by atoms with Gasteiger partial charge in [-0.05, 0) is 55.2 Å². The molecule has 0 aliphatic rings. The van der Waals surface area contributed by atoms with Gasteiger partial charge in [-0.2, -0.15) is 0 Å². The standard InChI is InChI=1S/C23H25NO5S/c1-14(25)22-15(2)29-21-12-9-18(13-20(21)22)24(16(3)26)30(27,28)19-10-7-17(8-11-19)23(4,5)6/h7-13H,1-6H3. The van der Waals surface area contributed by atoms with Crippen LogP contribution in [-0.4, -0.2) is 20.1 Å². The summed E-state index contributed by atoms with van der Waals surface area (Å²) in [5, 5.41) is 0.474. The van der Waals surface area contributed by atoms with E-state index in [0.717, 1.165) is 9.87 Å². The summed E-state index contributed by atoms with van der Waals surface area (Å²) < 4.78 is 33.0. The van der Waals surface area contributed by atoms with Crippen molar-refractivity contribution in [1.29, 1.82) is 0 Å². The molecule has 2 aromatic carbocycles. The van der Waals surface area contributed by atoms with Gasteiger partial charge in [-0.1, -0.05) is 32.9 Å². The van der Waals surface area contributed by atoms with Crippen molar-refractivity contribution in [3.05, 3.63) is 59.4 Å². The van der Waals surface area contributed by atoms with Crippen LogP contribution in [0.3, 0.4) is 0 Å². The van der Waals surface area contributed by atoms with Crippen LogP contribution in [0.25, 0.3) is 11.0 Å². The van der Waals surface area contributed by atoms with Gasteiger partial charge in [0.1, 0.15) is 11.3 Å². The zero-order valence-corrected chi connectivity index (χ0v) is 18.8. The Morgan fingerprint density at radius 2 is 1.57 bits per heavy atom. The molecule has 0 atom stereocenters. The predicted molar refractivity (Wildman–Crippen MR) is 116 cm³/mol. The third-order valence-corrected chi connectivity index (χ3v) is 6.80. The van der Waals surface area contributed by atoms with Crippen LogP contribution in [0.5, 0.6) is 0 Å². The number of carbonyl (C=O) groups excluding carboxylic acids is 2. The molecule has 0 N–H and O–H groups in total. The highest BCUT2D eigenvalue weighted by Crippen LogP contribution is 2.33. The van der Waals surface area contributed by atoms with Crippen molar-refractivity contribution >= 4 is 38.4 Å². The van der Waals surface area contributed by atoms with E-state index in [1.54, 1.807) is 25.1 Å². The van der Waals surface area contributed by atoms with Crippen molar-refractivity contribution in [2.45, 2.75) is 51.9 Å². The van der Waals surface area contributed by atoms with Crippen molar-refractivity contribution in [2.75, 3.05) is 4.31 Å². The Bertz CT molecular complexity index is 1250. The van der Waals surface area contributed by atoms with Crippen LogP contribution < -0.4 is 4.31 Å². The van der Waals surface area contributed by atoms with Gasteiger partial charge in [-0.25, -0.2) is 12.7 Å². The van der Waals surface area contributed by atoms with Gasteiger partial charge in [0.05, 0.1) is 16.1 Å². The molecular weight excluding hydrogens is 402 g/mol. The Morgan fingerprint density at radius 3 is 2.07 bits per heavy atom.